The molecule has 2 nitrogen and oxygen atoms in total. The molecule has 0 aromatic heterocycles. The van der Waals surface area contributed by atoms with E-state index in [0.29, 0.717) is 42.3 Å². The van der Waals surface area contributed by atoms with Gasteiger partial charge in [0.25, 0.3) is 0 Å². The molecule has 0 heterocycles. The second-order valence-electron chi connectivity index (χ2n) is 5.55. The Kier molecular flexibility index (Phi) is 10.2. The van der Waals surface area contributed by atoms with Crippen molar-refractivity contribution in [2.75, 3.05) is 0 Å². The number of hydrogen-bond acceptors (Lipinski definition) is 2. The Balaban J connectivity index is 0.00000122. The molecule has 0 aliphatic heterocycles. The predicted molar refractivity (Wildman–Crippen MR) is 91.2 cm³/mol. The molecule has 0 bridgehead atoms. The summed E-state index contributed by atoms with van der Waals surface area (Å²) in [5, 5.41) is 15.5. The third-order valence-corrected chi connectivity index (χ3v) is 3.30. The van der Waals surface area contributed by atoms with Crippen molar-refractivity contribution in [3.63, 3.8) is 0 Å². The number of rotatable bonds is 5. The minimum absolute atomic E-state index is 0.364. The minimum atomic E-state index is 0.364. The van der Waals surface area contributed by atoms with Gasteiger partial charge in [-0.05, 0) is 35.4 Å². The Morgan fingerprint density at radius 2 is 1.43 bits per heavy atom. The second-order valence-corrected chi connectivity index (χ2v) is 7.18. The van der Waals surface area contributed by atoms with Crippen LogP contribution in [-0.2, 0) is 19.1 Å². The third-order valence-electron chi connectivity index (χ3n) is 3.30. The van der Waals surface area contributed by atoms with Crippen molar-refractivity contribution in [2.24, 2.45) is 0 Å². The maximum absolute atomic E-state index is 7.93. The van der Waals surface area contributed by atoms with Gasteiger partial charge in [-0.25, -0.2) is 0 Å². The summed E-state index contributed by atoms with van der Waals surface area (Å²) in [6.07, 6.45) is 0.581. The molecule has 0 radical (unpaired) electrons. The zero-order chi connectivity index (χ0) is 16.6. The molecule has 0 saturated carbocycles. The van der Waals surface area contributed by atoms with Gasteiger partial charge in [0.15, 0.2) is 0 Å². The molecule has 0 unspecified atom stereocenters. The summed E-state index contributed by atoms with van der Waals surface area (Å²) in [6.45, 7) is 10.4. The molecule has 122 valence electrons. The van der Waals surface area contributed by atoms with Gasteiger partial charge in [-0.15, -0.1) is 0 Å². The van der Waals surface area contributed by atoms with E-state index in [-0.39, 0.29) is 0 Å². The van der Waals surface area contributed by atoms with E-state index in [9.17, 15) is 0 Å². The first kappa shape index (κ1) is 20.6. The number of benzene rings is 1. The van der Waals surface area contributed by atoms with E-state index >= 15 is 0 Å². The predicted octanol–water partition coefficient (Wildman–Crippen LogP) is 5.91. The normalized spacial score (nSPS) is 10.5. The van der Waals surface area contributed by atoms with Gasteiger partial charge in [0.05, 0.1) is 5.71 Å². The fourth-order valence-electron chi connectivity index (χ4n) is 2.22. The Morgan fingerprint density at radius 3 is 1.71 bits per heavy atom. The quantitative estimate of drug-likeness (QED) is 0.476. The molecular formula is C16H24Cl2N2Ni. The van der Waals surface area contributed by atoms with Crippen LogP contribution in [0.1, 0.15) is 63.1 Å². The summed E-state index contributed by atoms with van der Waals surface area (Å²) in [5.41, 5.74) is 4.66. The molecular weight excluding hydrogens is 350 g/mol. The molecule has 0 spiro atoms. The van der Waals surface area contributed by atoms with Gasteiger partial charge in [-0.3, -0.25) is 0 Å². The zero-order valence-electron chi connectivity index (χ0n) is 13.2. The van der Waals surface area contributed by atoms with Crippen LogP contribution in [0.15, 0.2) is 18.2 Å². The monoisotopic (exact) mass is 372 g/mol. The Morgan fingerprint density at radius 1 is 1.05 bits per heavy atom. The molecule has 0 atom stereocenters. The fourth-order valence-corrected chi connectivity index (χ4v) is 2.22. The van der Waals surface area contributed by atoms with Crippen molar-refractivity contribution >= 4 is 31.8 Å². The Labute approximate surface area is 143 Å². The van der Waals surface area contributed by atoms with Crippen LogP contribution in [0.4, 0.5) is 0 Å². The fraction of sp³-hybridized carbons (Fsp3) is 0.500. The zero-order valence-corrected chi connectivity index (χ0v) is 15.7. The molecule has 1 rings (SSSR count). The van der Waals surface area contributed by atoms with E-state index in [0.717, 1.165) is 0 Å². The van der Waals surface area contributed by atoms with Gasteiger partial charge >= 0.3 is 33.0 Å². The first-order chi connectivity index (χ1) is 9.76. The van der Waals surface area contributed by atoms with Gasteiger partial charge < -0.3 is 10.8 Å². The average Bonchev–Trinajstić information content (AvgIpc) is 2.39. The van der Waals surface area contributed by atoms with E-state index in [1.807, 2.05) is 0 Å². The second kappa shape index (κ2) is 10.4. The van der Waals surface area contributed by atoms with Gasteiger partial charge in [0, 0.05) is 12.1 Å². The van der Waals surface area contributed by atoms with Crippen LogP contribution in [0.2, 0.25) is 0 Å². The van der Waals surface area contributed by atoms with E-state index in [2.05, 4.69) is 45.9 Å². The molecule has 2 N–H and O–H groups in total. The van der Waals surface area contributed by atoms with Gasteiger partial charge in [0.1, 0.15) is 0 Å². The average molecular weight is 374 g/mol. The number of halogens is 2. The summed E-state index contributed by atoms with van der Waals surface area (Å²) >= 11 is 0.569. The molecule has 0 aliphatic rings. The molecule has 0 fully saturated rings. The topological polar surface area (TPSA) is 47.7 Å². The van der Waals surface area contributed by atoms with Crippen LogP contribution < -0.4 is 0 Å². The third kappa shape index (κ3) is 6.95. The van der Waals surface area contributed by atoms with Crippen LogP contribution >= 0.6 is 20.4 Å². The summed E-state index contributed by atoms with van der Waals surface area (Å²) < 4.78 is 0. The van der Waals surface area contributed by atoms with E-state index in [1.54, 1.807) is 6.92 Å². The first-order valence-electron chi connectivity index (χ1n) is 6.83. The van der Waals surface area contributed by atoms with E-state index < -0.39 is 0 Å². The molecule has 21 heavy (non-hydrogen) atoms. The molecule has 0 amide bonds. The standard InChI is InChI=1S/C16H24N2.2ClH.Ni/c1-10(2)13-7-6-8-14(11(3)4)15(13)9-16(18)12(5)17;;;/h6-8,10-11,17-18H,9H2,1-5H3;2*1H;/q;;;+2/p-2. The van der Waals surface area contributed by atoms with Crippen molar-refractivity contribution < 1.29 is 12.7 Å². The SMILES string of the molecule is CC(=N)C(=N)Cc1c(C(C)C)cccc1C(C)C.[Cl][Ni][Cl]. The van der Waals surface area contributed by atoms with Crippen molar-refractivity contribution in [1.29, 1.82) is 10.8 Å². The first-order valence-corrected chi connectivity index (χ1v) is 9.54. The summed E-state index contributed by atoms with van der Waals surface area (Å²) in [6, 6.07) is 6.41. The summed E-state index contributed by atoms with van der Waals surface area (Å²) in [7, 11) is 9.40. The van der Waals surface area contributed by atoms with E-state index in [1.165, 1.54) is 16.7 Å². The van der Waals surface area contributed by atoms with Crippen molar-refractivity contribution in [2.45, 2.75) is 52.9 Å². The van der Waals surface area contributed by atoms with E-state index in [4.69, 9.17) is 31.2 Å². The molecule has 0 aliphatic carbocycles. The van der Waals surface area contributed by atoms with Crippen molar-refractivity contribution in [3.05, 3.63) is 34.9 Å². The van der Waals surface area contributed by atoms with Gasteiger partial charge in [0.2, 0.25) is 0 Å². The van der Waals surface area contributed by atoms with Crippen LogP contribution in [0.5, 0.6) is 0 Å². The Hall–Kier alpha value is -0.366. The van der Waals surface area contributed by atoms with Gasteiger partial charge in [-0.1, -0.05) is 45.9 Å². The molecule has 0 saturated heterocycles. The van der Waals surface area contributed by atoms with Crippen LogP contribution in [0.3, 0.4) is 0 Å². The van der Waals surface area contributed by atoms with Crippen LogP contribution in [0, 0.1) is 10.8 Å². The maximum atomic E-state index is 7.93. The molecule has 5 heteroatoms. The Bertz CT molecular complexity index is 459. The van der Waals surface area contributed by atoms with Gasteiger partial charge in [-0.2, -0.15) is 0 Å². The molecule has 1 aromatic rings. The summed E-state index contributed by atoms with van der Waals surface area (Å²) in [4.78, 5) is 0. The van der Waals surface area contributed by atoms with Crippen LogP contribution in [0.25, 0.3) is 0 Å². The summed E-state index contributed by atoms with van der Waals surface area (Å²) in [5.74, 6) is 0.912. The van der Waals surface area contributed by atoms with Crippen molar-refractivity contribution in [1.82, 2.24) is 0 Å². The van der Waals surface area contributed by atoms with Crippen molar-refractivity contribution in [3.8, 4) is 0 Å². The number of nitrogens with one attached hydrogen (secondary N) is 2. The molecule has 1 aromatic carbocycles. The van der Waals surface area contributed by atoms with Crippen LogP contribution in [-0.4, -0.2) is 11.4 Å². The number of hydrogen-bond donors (Lipinski definition) is 2.